The minimum Gasteiger partial charge on any atom is -0.348 e. The molecule has 8 heteroatoms. The molecule has 2 N–H and O–H groups in total. The monoisotopic (exact) mass is 434 g/mol. The maximum absolute atomic E-state index is 12.5. The van der Waals surface area contributed by atoms with Crippen molar-refractivity contribution >= 4 is 44.8 Å². The first-order valence-electron chi connectivity index (χ1n) is 8.24. The molecule has 144 valence electrons. The van der Waals surface area contributed by atoms with Gasteiger partial charge in [-0.15, -0.1) is 0 Å². The molecular formula is C20H16Cl2N2O3S. The van der Waals surface area contributed by atoms with E-state index in [-0.39, 0.29) is 16.5 Å². The fourth-order valence-electron chi connectivity index (χ4n) is 2.48. The quantitative estimate of drug-likeness (QED) is 0.588. The van der Waals surface area contributed by atoms with Crippen molar-refractivity contribution in [3.63, 3.8) is 0 Å². The summed E-state index contributed by atoms with van der Waals surface area (Å²) in [4.78, 5) is 12.5. The number of rotatable bonds is 6. The maximum atomic E-state index is 12.5. The van der Waals surface area contributed by atoms with Crippen molar-refractivity contribution < 1.29 is 13.2 Å². The molecule has 0 aromatic heterocycles. The predicted octanol–water partition coefficient (Wildman–Crippen LogP) is 4.72. The Morgan fingerprint density at radius 3 is 2.29 bits per heavy atom. The van der Waals surface area contributed by atoms with Gasteiger partial charge in [-0.25, -0.2) is 8.42 Å². The number of amides is 1. The zero-order chi connectivity index (χ0) is 20.1. The van der Waals surface area contributed by atoms with Crippen molar-refractivity contribution in [1.29, 1.82) is 0 Å². The Kier molecular flexibility index (Phi) is 6.24. The van der Waals surface area contributed by atoms with Crippen LogP contribution in [0.2, 0.25) is 10.0 Å². The van der Waals surface area contributed by atoms with Crippen LogP contribution in [0.15, 0.2) is 77.7 Å². The summed E-state index contributed by atoms with van der Waals surface area (Å²) in [5, 5.41) is 3.81. The van der Waals surface area contributed by atoms with Crippen molar-refractivity contribution in [2.75, 3.05) is 4.72 Å². The fraction of sp³-hybridized carbons (Fsp3) is 0.0500. The predicted molar refractivity (Wildman–Crippen MR) is 111 cm³/mol. The number of benzene rings is 3. The third-order valence-corrected chi connectivity index (χ3v) is 5.73. The Bertz CT molecular complexity index is 1100. The van der Waals surface area contributed by atoms with Gasteiger partial charge in [0.15, 0.2) is 0 Å². The zero-order valence-corrected chi connectivity index (χ0v) is 16.9. The lowest BCUT2D eigenvalue weighted by atomic mass is 10.2. The van der Waals surface area contributed by atoms with Crippen LogP contribution in [-0.2, 0) is 16.6 Å². The summed E-state index contributed by atoms with van der Waals surface area (Å²) >= 11 is 11.7. The van der Waals surface area contributed by atoms with Gasteiger partial charge in [0, 0.05) is 27.8 Å². The highest BCUT2D eigenvalue weighted by atomic mass is 35.5. The van der Waals surface area contributed by atoms with Gasteiger partial charge in [0.1, 0.15) is 0 Å². The molecule has 0 spiro atoms. The lowest BCUT2D eigenvalue weighted by Gasteiger charge is -2.10. The van der Waals surface area contributed by atoms with E-state index in [1.165, 1.54) is 30.3 Å². The molecule has 3 aromatic carbocycles. The van der Waals surface area contributed by atoms with E-state index in [9.17, 15) is 13.2 Å². The van der Waals surface area contributed by atoms with Crippen LogP contribution in [0.4, 0.5) is 5.69 Å². The van der Waals surface area contributed by atoms with Crippen molar-refractivity contribution in [1.82, 2.24) is 5.32 Å². The Balaban J connectivity index is 1.71. The van der Waals surface area contributed by atoms with E-state index < -0.39 is 10.0 Å². The van der Waals surface area contributed by atoms with Gasteiger partial charge in [0.2, 0.25) is 0 Å². The summed E-state index contributed by atoms with van der Waals surface area (Å²) < 4.78 is 27.4. The summed E-state index contributed by atoms with van der Waals surface area (Å²) in [5.41, 5.74) is 1.48. The third-order valence-electron chi connectivity index (χ3n) is 3.84. The van der Waals surface area contributed by atoms with E-state index in [2.05, 4.69) is 10.0 Å². The molecule has 0 aliphatic rings. The van der Waals surface area contributed by atoms with E-state index >= 15 is 0 Å². The molecule has 0 heterocycles. The highest BCUT2D eigenvalue weighted by molar-refractivity contribution is 7.92. The molecule has 5 nitrogen and oxygen atoms in total. The SMILES string of the molecule is O=C(NCc1cccc(Cl)c1)c1cccc(NS(=O)(=O)c2ccc(Cl)cc2)c1. The first kappa shape index (κ1) is 20.2. The molecule has 0 saturated carbocycles. The number of anilines is 1. The molecule has 0 radical (unpaired) electrons. The van der Waals surface area contributed by atoms with Crippen molar-refractivity contribution in [3.05, 3.63) is 94.0 Å². The number of halogens is 2. The van der Waals surface area contributed by atoms with E-state index in [0.717, 1.165) is 5.56 Å². The van der Waals surface area contributed by atoms with Crippen LogP contribution in [0.25, 0.3) is 0 Å². The van der Waals surface area contributed by atoms with Gasteiger partial charge in [0.05, 0.1) is 4.90 Å². The van der Waals surface area contributed by atoms with Gasteiger partial charge >= 0.3 is 0 Å². The van der Waals surface area contributed by atoms with Crippen LogP contribution in [-0.4, -0.2) is 14.3 Å². The number of sulfonamides is 1. The maximum Gasteiger partial charge on any atom is 0.261 e. The van der Waals surface area contributed by atoms with Crippen LogP contribution < -0.4 is 10.0 Å². The number of nitrogens with one attached hydrogen (secondary N) is 2. The molecule has 0 aliphatic carbocycles. The smallest absolute Gasteiger partial charge is 0.261 e. The van der Waals surface area contributed by atoms with Crippen LogP contribution in [0.3, 0.4) is 0 Å². The van der Waals surface area contributed by atoms with Gasteiger partial charge in [-0.1, -0.05) is 41.4 Å². The molecule has 3 aromatic rings. The first-order valence-corrected chi connectivity index (χ1v) is 10.5. The Hall–Kier alpha value is -2.54. The Morgan fingerprint density at radius 1 is 0.857 bits per heavy atom. The third kappa shape index (κ3) is 5.25. The standard InChI is InChI=1S/C20H16Cl2N2O3S/c21-16-7-9-19(10-8-16)28(26,27)24-18-6-2-4-15(12-18)20(25)23-13-14-3-1-5-17(22)11-14/h1-12,24H,13H2,(H,23,25). The molecule has 0 aliphatic heterocycles. The number of hydrogen-bond donors (Lipinski definition) is 2. The summed E-state index contributed by atoms with van der Waals surface area (Å²) in [7, 11) is -3.79. The molecule has 3 rings (SSSR count). The minimum atomic E-state index is -3.79. The van der Waals surface area contributed by atoms with Crippen LogP contribution in [0, 0.1) is 0 Å². The van der Waals surface area contributed by atoms with Gasteiger partial charge in [-0.3, -0.25) is 9.52 Å². The van der Waals surface area contributed by atoms with E-state index in [1.807, 2.05) is 6.07 Å². The summed E-state index contributed by atoms with van der Waals surface area (Å²) in [6, 6.07) is 19.2. The molecule has 1 amide bonds. The minimum absolute atomic E-state index is 0.0766. The summed E-state index contributed by atoms with van der Waals surface area (Å²) in [5.74, 6) is -0.326. The van der Waals surface area contributed by atoms with E-state index in [4.69, 9.17) is 23.2 Å². The molecule has 0 atom stereocenters. The van der Waals surface area contributed by atoms with Crippen molar-refractivity contribution in [2.45, 2.75) is 11.4 Å². The average molecular weight is 435 g/mol. The molecular weight excluding hydrogens is 419 g/mol. The molecule has 0 bridgehead atoms. The summed E-state index contributed by atoms with van der Waals surface area (Å²) in [6.07, 6.45) is 0. The highest BCUT2D eigenvalue weighted by Gasteiger charge is 2.15. The number of carbonyl (C=O) groups excluding carboxylic acids is 1. The second kappa shape index (κ2) is 8.65. The van der Waals surface area contributed by atoms with Gasteiger partial charge in [-0.05, 0) is 60.2 Å². The van der Waals surface area contributed by atoms with Gasteiger partial charge in [-0.2, -0.15) is 0 Å². The lowest BCUT2D eigenvalue weighted by Crippen LogP contribution is -2.23. The normalized spacial score (nSPS) is 11.1. The van der Waals surface area contributed by atoms with Crippen LogP contribution in [0.5, 0.6) is 0 Å². The van der Waals surface area contributed by atoms with Gasteiger partial charge in [0.25, 0.3) is 15.9 Å². The molecule has 28 heavy (non-hydrogen) atoms. The van der Waals surface area contributed by atoms with Crippen LogP contribution in [0.1, 0.15) is 15.9 Å². The Labute approximate surface area is 173 Å². The molecule has 0 unspecified atom stereocenters. The molecule has 0 saturated heterocycles. The molecule has 0 fully saturated rings. The van der Waals surface area contributed by atoms with Crippen molar-refractivity contribution in [3.8, 4) is 0 Å². The topological polar surface area (TPSA) is 75.3 Å². The Morgan fingerprint density at radius 2 is 1.57 bits per heavy atom. The van der Waals surface area contributed by atoms with Gasteiger partial charge < -0.3 is 5.32 Å². The van der Waals surface area contributed by atoms with Crippen LogP contribution >= 0.6 is 23.2 Å². The second-order valence-corrected chi connectivity index (χ2v) is 8.51. The lowest BCUT2D eigenvalue weighted by molar-refractivity contribution is 0.0951. The summed E-state index contributed by atoms with van der Waals surface area (Å²) in [6.45, 7) is 0.306. The van der Waals surface area contributed by atoms with E-state index in [1.54, 1.807) is 36.4 Å². The number of carbonyl (C=O) groups is 1. The second-order valence-electron chi connectivity index (χ2n) is 5.95. The zero-order valence-electron chi connectivity index (χ0n) is 14.5. The first-order chi connectivity index (χ1) is 13.3. The van der Waals surface area contributed by atoms with E-state index in [0.29, 0.717) is 22.2 Å². The average Bonchev–Trinajstić information content (AvgIpc) is 2.66. The largest absolute Gasteiger partial charge is 0.348 e. The number of hydrogen-bond acceptors (Lipinski definition) is 3. The highest BCUT2D eigenvalue weighted by Crippen LogP contribution is 2.19. The van der Waals surface area contributed by atoms with Crippen molar-refractivity contribution in [2.24, 2.45) is 0 Å². The fourth-order valence-corrected chi connectivity index (χ4v) is 3.87.